The van der Waals surface area contributed by atoms with E-state index < -0.39 is 23.4 Å². The smallest absolute Gasteiger partial charge is 0.416 e. The lowest BCUT2D eigenvalue weighted by molar-refractivity contribution is -0.137. The number of rotatable bonds is 4. The Morgan fingerprint density at radius 2 is 1.78 bits per heavy atom. The normalized spacial score (nSPS) is 25.3. The third-order valence-electron chi connectivity index (χ3n) is 6.45. The van der Waals surface area contributed by atoms with Crippen LogP contribution in [0, 0.1) is 0 Å². The molecule has 2 saturated heterocycles. The van der Waals surface area contributed by atoms with Crippen molar-refractivity contribution in [3.8, 4) is 5.75 Å². The fraction of sp³-hybridized carbons (Fsp3) is 0.458. The highest BCUT2D eigenvalue weighted by atomic mass is 19.4. The molecule has 4 rings (SSSR count). The fourth-order valence-corrected chi connectivity index (χ4v) is 4.99. The summed E-state index contributed by atoms with van der Waals surface area (Å²) in [7, 11) is 1.29. The molecule has 0 aromatic heterocycles. The number of fused-ring (bicyclic) bond motifs is 2. The molecule has 2 fully saturated rings. The molecule has 5 nitrogen and oxygen atoms in total. The summed E-state index contributed by atoms with van der Waals surface area (Å²) in [5.41, 5.74) is -1.01. The van der Waals surface area contributed by atoms with Gasteiger partial charge in [0.05, 0.1) is 18.3 Å². The first kappa shape index (κ1) is 22.5. The monoisotopic (exact) mass is 449 g/mol. The number of methoxy groups -OCH3 is 1. The molecule has 2 aliphatic heterocycles. The van der Waals surface area contributed by atoms with Crippen LogP contribution >= 0.6 is 0 Å². The number of ether oxygens (including phenoxy) is 2. The summed E-state index contributed by atoms with van der Waals surface area (Å²) in [4.78, 5) is 14.6. The van der Waals surface area contributed by atoms with E-state index in [1.807, 2.05) is 30.3 Å². The van der Waals surface area contributed by atoms with Gasteiger partial charge in [0.2, 0.25) is 0 Å². The van der Waals surface area contributed by atoms with Crippen molar-refractivity contribution in [1.29, 1.82) is 0 Å². The second-order valence-corrected chi connectivity index (χ2v) is 8.54. The maximum absolute atomic E-state index is 13.1. The zero-order chi connectivity index (χ0) is 22.9. The SMILES string of the molecule is COc1cc(C(F)(F)F)ccc1C1(O)CC2CCCC(C1)N2C(=O)OCc1ccccc1. The molecule has 2 atom stereocenters. The first-order valence-electron chi connectivity index (χ1n) is 10.7. The topological polar surface area (TPSA) is 59.0 Å². The summed E-state index contributed by atoms with van der Waals surface area (Å²) in [5, 5.41) is 11.5. The molecule has 0 saturated carbocycles. The predicted molar refractivity (Wildman–Crippen MR) is 111 cm³/mol. The van der Waals surface area contributed by atoms with Gasteiger partial charge in [-0.2, -0.15) is 13.2 Å². The molecule has 2 heterocycles. The number of nitrogens with zero attached hydrogens (tertiary/aromatic N) is 1. The third kappa shape index (κ3) is 4.41. The molecule has 8 heteroatoms. The van der Waals surface area contributed by atoms with E-state index in [1.54, 1.807) is 4.90 Å². The van der Waals surface area contributed by atoms with E-state index in [9.17, 15) is 23.1 Å². The van der Waals surface area contributed by atoms with E-state index in [0.717, 1.165) is 24.1 Å². The van der Waals surface area contributed by atoms with Crippen molar-refractivity contribution in [3.63, 3.8) is 0 Å². The van der Waals surface area contributed by atoms with E-state index in [4.69, 9.17) is 9.47 Å². The number of amides is 1. The van der Waals surface area contributed by atoms with E-state index in [-0.39, 0.29) is 37.3 Å². The molecule has 2 aliphatic rings. The predicted octanol–water partition coefficient (Wildman–Crippen LogP) is 5.26. The summed E-state index contributed by atoms with van der Waals surface area (Å²) >= 11 is 0. The minimum Gasteiger partial charge on any atom is -0.496 e. The van der Waals surface area contributed by atoms with Gasteiger partial charge in [-0.3, -0.25) is 0 Å². The second kappa shape index (κ2) is 8.65. The van der Waals surface area contributed by atoms with Crippen molar-refractivity contribution in [2.24, 2.45) is 0 Å². The van der Waals surface area contributed by atoms with Crippen LogP contribution in [0.3, 0.4) is 0 Å². The van der Waals surface area contributed by atoms with Crippen LogP contribution in [-0.2, 0) is 23.1 Å². The molecule has 0 spiro atoms. The summed E-state index contributed by atoms with van der Waals surface area (Å²) in [6, 6.07) is 12.0. The van der Waals surface area contributed by atoms with Crippen LogP contribution in [0.1, 0.15) is 48.8 Å². The second-order valence-electron chi connectivity index (χ2n) is 8.54. The molecule has 32 heavy (non-hydrogen) atoms. The van der Waals surface area contributed by atoms with Gasteiger partial charge in [-0.15, -0.1) is 0 Å². The highest BCUT2D eigenvalue weighted by molar-refractivity contribution is 5.69. The van der Waals surface area contributed by atoms with Gasteiger partial charge in [-0.25, -0.2) is 4.79 Å². The molecule has 172 valence electrons. The zero-order valence-corrected chi connectivity index (χ0v) is 17.8. The first-order chi connectivity index (χ1) is 15.2. The highest BCUT2D eigenvalue weighted by Crippen LogP contribution is 2.47. The number of aliphatic hydroxyl groups is 1. The quantitative estimate of drug-likeness (QED) is 0.692. The van der Waals surface area contributed by atoms with Crippen LogP contribution in [-0.4, -0.2) is 35.3 Å². The molecule has 2 aromatic rings. The Bertz CT molecular complexity index is 949. The van der Waals surface area contributed by atoms with Crippen molar-refractivity contribution >= 4 is 6.09 Å². The van der Waals surface area contributed by atoms with Crippen molar-refractivity contribution in [1.82, 2.24) is 4.90 Å². The number of piperidine rings is 2. The lowest BCUT2D eigenvalue weighted by Crippen LogP contribution is -2.59. The molecular weight excluding hydrogens is 423 g/mol. The average Bonchev–Trinajstić information content (AvgIpc) is 2.76. The highest BCUT2D eigenvalue weighted by Gasteiger charge is 2.50. The zero-order valence-electron chi connectivity index (χ0n) is 17.8. The maximum atomic E-state index is 13.1. The third-order valence-corrected chi connectivity index (χ3v) is 6.45. The minimum atomic E-state index is -4.50. The first-order valence-corrected chi connectivity index (χ1v) is 10.7. The Morgan fingerprint density at radius 1 is 1.12 bits per heavy atom. The van der Waals surface area contributed by atoms with Gasteiger partial charge in [0.1, 0.15) is 12.4 Å². The number of halogens is 3. The molecule has 2 aromatic carbocycles. The minimum absolute atomic E-state index is 0.000465. The fourth-order valence-electron chi connectivity index (χ4n) is 4.99. The maximum Gasteiger partial charge on any atom is 0.416 e. The van der Waals surface area contributed by atoms with Crippen molar-refractivity contribution < 1.29 is 32.5 Å². The lowest BCUT2D eigenvalue weighted by atomic mass is 9.72. The molecular formula is C24H26F3NO4. The van der Waals surface area contributed by atoms with Crippen LogP contribution in [0.25, 0.3) is 0 Å². The standard InChI is InChI=1S/C24H26F3NO4/c1-31-21-12-17(24(25,26)27)10-11-20(21)23(30)13-18-8-5-9-19(14-23)28(18)22(29)32-15-16-6-3-2-4-7-16/h2-4,6-7,10-12,18-19,30H,5,8-9,13-15H2,1H3. The average molecular weight is 449 g/mol. The molecule has 1 N–H and O–H groups in total. The van der Waals surface area contributed by atoms with Crippen LogP contribution in [0.5, 0.6) is 5.75 Å². The Balaban J connectivity index is 1.54. The van der Waals surface area contributed by atoms with Gasteiger partial charge in [-0.05, 0) is 37.0 Å². The molecule has 0 radical (unpaired) electrons. The van der Waals surface area contributed by atoms with Crippen LogP contribution in [0.15, 0.2) is 48.5 Å². The number of carbonyl (C=O) groups is 1. The van der Waals surface area contributed by atoms with Gasteiger partial charge in [0.15, 0.2) is 0 Å². The number of benzene rings is 2. The number of alkyl halides is 3. The van der Waals surface area contributed by atoms with Gasteiger partial charge in [-0.1, -0.05) is 36.4 Å². The Kier molecular flexibility index (Phi) is 6.07. The van der Waals surface area contributed by atoms with E-state index in [2.05, 4.69) is 0 Å². The van der Waals surface area contributed by atoms with Crippen molar-refractivity contribution in [3.05, 3.63) is 65.2 Å². The summed E-state index contributed by atoms with van der Waals surface area (Å²) in [5.74, 6) is 0.000465. The summed E-state index contributed by atoms with van der Waals surface area (Å²) < 4.78 is 50.1. The number of hydrogen-bond acceptors (Lipinski definition) is 4. The molecule has 2 bridgehead atoms. The van der Waals surface area contributed by atoms with Crippen LogP contribution in [0.4, 0.5) is 18.0 Å². The number of hydrogen-bond donors (Lipinski definition) is 1. The van der Waals surface area contributed by atoms with E-state index in [0.29, 0.717) is 18.4 Å². The van der Waals surface area contributed by atoms with Crippen molar-refractivity contribution in [2.75, 3.05) is 7.11 Å². The van der Waals surface area contributed by atoms with Gasteiger partial charge in [0, 0.05) is 30.5 Å². The lowest BCUT2D eigenvalue weighted by Gasteiger charge is -2.51. The summed E-state index contributed by atoms with van der Waals surface area (Å²) in [6.07, 6.45) is -2.19. The molecule has 2 unspecified atom stereocenters. The Morgan fingerprint density at radius 3 is 2.38 bits per heavy atom. The Labute approximate surface area is 184 Å². The van der Waals surface area contributed by atoms with E-state index in [1.165, 1.54) is 13.2 Å². The van der Waals surface area contributed by atoms with Gasteiger partial charge >= 0.3 is 12.3 Å². The molecule has 0 aliphatic carbocycles. The van der Waals surface area contributed by atoms with Crippen LogP contribution < -0.4 is 4.74 Å². The molecule has 1 amide bonds. The van der Waals surface area contributed by atoms with Crippen molar-refractivity contribution in [2.45, 2.75) is 62.6 Å². The number of carbonyl (C=O) groups excluding carboxylic acids is 1. The van der Waals surface area contributed by atoms with E-state index >= 15 is 0 Å². The van der Waals surface area contributed by atoms with Gasteiger partial charge in [0.25, 0.3) is 0 Å². The summed E-state index contributed by atoms with van der Waals surface area (Å²) in [6.45, 7) is 0.159. The Hall–Kier alpha value is -2.74. The van der Waals surface area contributed by atoms with Crippen LogP contribution in [0.2, 0.25) is 0 Å². The van der Waals surface area contributed by atoms with Gasteiger partial charge < -0.3 is 19.5 Å². The largest absolute Gasteiger partial charge is 0.496 e.